The van der Waals surface area contributed by atoms with E-state index in [2.05, 4.69) is 57.7 Å². The van der Waals surface area contributed by atoms with Gasteiger partial charge in [-0.15, -0.1) is 10.2 Å². The molecule has 1 N–H and O–H groups in total. The number of fused-ring (bicyclic) bond motifs is 1. The van der Waals surface area contributed by atoms with E-state index in [0.717, 1.165) is 24.4 Å². The molecule has 1 atom stereocenters. The molecule has 8 nitrogen and oxygen atoms in total. The Morgan fingerprint density at radius 2 is 2.00 bits per heavy atom. The van der Waals surface area contributed by atoms with E-state index in [1.807, 2.05) is 16.8 Å². The summed E-state index contributed by atoms with van der Waals surface area (Å²) in [6, 6.07) is 8.49. The van der Waals surface area contributed by atoms with Crippen LogP contribution in [0.2, 0.25) is 0 Å². The Morgan fingerprint density at radius 3 is 2.74 bits per heavy atom. The quantitative estimate of drug-likeness (QED) is 0.449. The Kier molecular flexibility index (Phi) is 5.50. The van der Waals surface area contributed by atoms with Gasteiger partial charge in [0.15, 0.2) is 5.82 Å². The van der Waals surface area contributed by atoms with Crippen molar-refractivity contribution in [2.45, 2.75) is 58.9 Å². The van der Waals surface area contributed by atoms with Crippen molar-refractivity contribution in [2.75, 3.05) is 5.32 Å². The van der Waals surface area contributed by atoms with Gasteiger partial charge in [0.1, 0.15) is 23.2 Å². The zero-order chi connectivity index (χ0) is 24.9. The Morgan fingerprint density at radius 1 is 1.20 bits per heavy atom. The molecule has 1 aliphatic rings. The molecule has 3 aromatic heterocycles. The summed E-state index contributed by atoms with van der Waals surface area (Å²) in [5, 5.41) is 11.3. The highest BCUT2D eigenvalue weighted by atomic mass is 19.1. The van der Waals surface area contributed by atoms with Crippen molar-refractivity contribution in [1.82, 2.24) is 29.3 Å². The zero-order valence-electron chi connectivity index (χ0n) is 20.5. The van der Waals surface area contributed by atoms with Crippen LogP contribution in [0.1, 0.15) is 67.6 Å². The molecule has 0 aliphatic carbocycles. The molecule has 0 saturated carbocycles. The number of nitrogens with one attached hydrogen (secondary N) is 1. The summed E-state index contributed by atoms with van der Waals surface area (Å²) in [5.74, 6) is 0.742. The number of hydrogen-bond acceptors (Lipinski definition) is 5. The summed E-state index contributed by atoms with van der Waals surface area (Å²) in [6.07, 6.45) is 5.49. The van der Waals surface area contributed by atoms with Crippen LogP contribution in [0.3, 0.4) is 0 Å². The highest BCUT2D eigenvalue weighted by Crippen LogP contribution is 2.30. The summed E-state index contributed by atoms with van der Waals surface area (Å²) < 4.78 is 18.8. The Labute approximate surface area is 203 Å². The number of benzene rings is 1. The van der Waals surface area contributed by atoms with Crippen molar-refractivity contribution in [1.29, 1.82) is 0 Å². The van der Waals surface area contributed by atoms with Crippen molar-refractivity contribution in [3.8, 4) is 17.2 Å². The van der Waals surface area contributed by atoms with Gasteiger partial charge in [0, 0.05) is 24.1 Å². The lowest BCUT2D eigenvalue weighted by atomic mass is 9.93. The maximum Gasteiger partial charge on any atom is 0.259 e. The molecule has 4 heterocycles. The number of aromatic nitrogens is 6. The van der Waals surface area contributed by atoms with Gasteiger partial charge in [-0.25, -0.2) is 14.4 Å². The number of amides is 1. The highest BCUT2D eigenvalue weighted by Gasteiger charge is 2.25. The van der Waals surface area contributed by atoms with Crippen LogP contribution in [0.4, 0.5) is 10.2 Å². The lowest BCUT2D eigenvalue weighted by Gasteiger charge is -2.15. The molecule has 0 saturated heterocycles. The average molecular weight is 474 g/mol. The lowest BCUT2D eigenvalue weighted by molar-refractivity contribution is 0.102. The Bertz CT molecular complexity index is 1430. The predicted octanol–water partition coefficient (Wildman–Crippen LogP) is 5.03. The number of anilines is 1. The predicted molar refractivity (Wildman–Crippen MR) is 131 cm³/mol. The van der Waals surface area contributed by atoms with Crippen LogP contribution in [0.25, 0.3) is 17.2 Å². The van der Waals surface area contributed by atoms with Crippen LogP contribution in [0.5, 0.6) is 0 Å². The first-order valence-electron chi connectivity index (χ1n) is 11.7. The molecule has 35 heavy (non-hydrogen) atoms. The summed E-state index contributed by atoms with van der Waals surface area (Å²) in [6.45, 7) is 10.2. The first-order chi connectivity index (χ1) is 16.6. The fourth-order valence-electron chi connectivity index (χ4n) is 4.37. The molecule has 4 aromatic rings. The molecule has 0 unspecified atom stereocenters. The van der Waals surface area contributed by atoms with Crippen molar-refractivity contribution in [3.63, 3.8) is 0 Å². The second-order valence-electron chi connectivity index (χ2n) is 10.1. The molecule has 0 fully saturated rings. The Hall–Kier alpha value is -3.88. The average Bonchev–Trinajstić information content (AvgIpc) is 3.52. The number of halogens is 1. The number of carbonyl (C=O) groups is 1. The largest absolute Gasteiger partial charge is 0.307 e. The van der Waals surface area contributed by atoms with E-state index >= 15 is 0 Å². The standard InChI is InChI=1S/C26H28FN7O/c1-15-11-18(27)17(12-20(15)33-13-21(28-14-33)26(3,4)5)25(35)30-22-8-6-7-19(29-22)24-32-31-23-10-9-16(2)34(23)24/h6-8,11-14,16H,9-10H2,1-5H3,(H,29,30,35)/t16-/m1/s1. The number of carbonyl (C=O) groups excluding carboxylic acids is 1. The van der Waals surface area contributed by atoms with Gasteiger partial charge in [-0.1, -0.05) is 26.8 Å². The lowest BCUT2D eigenvalue weighted by Crippen LogP contribution is -2.16. The van der Waals surface area contributed by atoms with E-state index in [9.17, 15) is 9.18 Å². The van der Waals surface area contributed by atoms with Crippen molar-refractivity contribution >= 4 is 11.7 Å². The first kappa shape index (κ1) is 22.9. The fraction of sp³-hybridized carbons (Fsp3) is 0.346. The van der Waals surface area contributed by atoms with Crippen LogP contribution in [0.15, 0.2) is 42.9 Å². The third-order valence-electron chi connectivity index (χ3n) is 6.37. The highest BCUT2D eigenvalue weighted by molar-refractivity contribution is 6.04. The smallest absolute Gasteiger partial charge is 0.259 e. The molecule has 0 bridgehead atoms. The number of imidazole rings is 1. The minimum Gasteiger partial charge on any atom is -0.307 e. The van der Waals surface area contributed by atoms with E-state index in [4.69, 9.17) is 0 Å². The van der Waals surface area contributed by atoms with Gasteiger partial charge >= 0.3 is 0 Å². The molecule has 0 radical (unpaired) electrons. The normalized spacial score (nSPS) is 15.3. The van der Waals surface area contributed by atoms with Crippen LogP contribution in [0, 0.1) is 12.7 Å². The maximum atomic E-state index is 14.9. The third kappa shape index (κ3) is 4.22. The number of nitrogens with zero attached hydrogens (tertiary/aromatic N) is 6. The van der Waals surface area contributed by atoms with Crippen molar-refractivity contribution in [2.24, 2.45) is 0 Å². The van der Waals surface area contributed by atoms with E-state index in [-0.39, 0.29) is 17.0 Å². The number of pyridine rings is 1. The van der Waals surface area contributed by atoms with Gasteiger partial charge in [-0.3, -0.25) is 4.79 Å². The van der Waals surface area contributed by atoms with E-state index < -0.39 is 11.7 Å². The van der Waals surface area contributed by atoms with Crippen molar-refractivity contribution in [3.05, 3.63) is 71.3 Å². The summed E-state index contributed by atoms with van der Waals surface area (Å²) in [5.41, 5.74) is 2.70. The number of rotatable bonds is 4. The van der Waals surface area contributed by atoms with Crippen LogP contribution in [-0.2, 0) is 11.8 Å². The zero-order valence-corrected chi connectivity index (χ0v) is 20.5. The van der Waals surface area contributed by atoms with Crippen LogP contribution >= 0.6 is 0 Å². The van der Waals surface area contributed by atoms with Crippen LogP contribution in [-0.4, -0.2) is 35.2 Å². The number of hydrogen-bond donors (Lipinski definition) is 1. The van der Waals surface area contributed by atoms with Gasteiger partial charge in [0.2, 0.25) is 0 Å². The molecule has 180 valence electrons. The summed E-state index contributed by atoms with van der Waals surface area (Å²) in [7, 11) is 0. The Balaban J connectivity index is 1.43. The molecule has 9 heteroatoms. The SMILES string of the molecule is Cc1cc(F)c(C(=O)Nc2cccc(-c3nnc4n3[C@H](C)CC4)n2)cc1-n1cnc(C(C)(C)C)c1. The number of aryl methyl sites for hydroxylation is 2. The second kappa shape index (κ2) is 8.41. The third-order valence-corrected chi connectivity index (χ3v) is 6.37. The molecular weight excluding hydrogens is 445 g/mol. The molecule has 1 aromatic carbocycles. The van der Waals surface area contributed by atoms with Gasteiger partial charge in [0.25, 0.3) is 5.91 Å². The monoisotopic (exact) mass is 473 g/mol. The van der Waals surface area contributed by atoms with Gasteiger partial charge in [0.05, 0.1) is 23.3 Å². The topological polar surface area (TPSA) is 90.5 Å². The van der Waals surface area contributed by atoms with Gasteiger partial charge in [-0.2, -0.15) is 0 Å². The van der Waals surface area contributed by atoms with Gasteiger partial charge < -0.3 is 14.5 Å². The van der Waals surface area contributed by atoms with Crippen LogP contribution < -0.4 is 5.32 Å². The molecule has 5 rings (SSSR count). The first-order valence-corrected chi connectivity index (χ1v) is 11.7. The summed E-state index contributed by atoms with van der Waals surface area (Å²) in [4.78, 5) is 22.1. The molecular formula is C26H28FN7O. The van der Waals surface area contributed by atoms with Gasteiger partial charge in [-0.05, 0) is 50.1 Å². The minimum absolute atomic E-state index is 0.0687. The molecule has 0 spiro atoms. The van der Waals surface area contributed by atoms with E-state index in [1.165, 1.54) is 6.07 Å². The maximum absolute atomic E-state index is 14.9. The fourth-order valence-corrected chi connectivity index (χ4v) is 4.37. The second-order valence-corrected chi connectivity index (χ2v) is 10.1. The van der Waals surface area contributed by atoms with E-state index in [1.54, 1.807) is 31.5 Å². The minimum atomic E-state index is -0.597. The molecule has 1 amide bonds. The van der Waals surface area contributed by atoms with Crippen molar-refractivity contribution < 1.29 is 9.18 Å². The van der Waals surface area contributed by atoms with E-state index in [0.29, 0.717) is 28.6 Å². The summed E-state index contributed by atoms with van der Waals surface area (Å²) >= 11 is 0. The molecule has 1 aliphatic heterocycles.